The number of esters is 1. The number of H-pyrrole nitrogens is 1. The lowest BCUT2D eigenvalue weighted by molar-refractivity contribution is -0.119. The highest BCUT2D eigenvalue weighted by atomic mass is 35.5. The number of aromatic amines is 1. The Balaban J connectivity index is 1.64. The van der Waals surface area contributed by atoms with Crippen LogP contribution in [-0.2, 0) is 9.53 Å². The van der Waals surface area contributed by atoms with E-state index >= 15 is 0 Å². The van der Waals surface area contributed by atoms with Gasteiger partial charge in [0, 0.05) is 5.39 Å². The van der Waals surface area contributed by atoms with E-state index in [4.69, 9.17) is 27.9 Å². The number of hydrogen-bond donors (Lipinski definition) is 2. The molecule has 128 valence electrons. The monoisotopic (exact) mass is 378 g/mol. The average Bonchev–Trinajstić information content (AvgIpc) is 3.02. The number of aryl methyl sites for hydroxylation is 1. The minimum atomic E-state index is -0.709. The molecule has 0 aliphatic heterocycles. The molecule has 1 amide bonds. The molecule has 0 aliphatic rings. The number of carbonyl (C=O) groups is 2. The Morgan fingerprint density at radius 2 is 2.00 bits per heavy atom. The molecule has 0 unspecified atom stereocenters. The van der Waals surface area contributed by atoms with Crippen molar-refractivity contribution in [3.8, 4) is 0 Å². The highest BCUT2D eigenvalue weighted by Gasteiger charge is 2.17. The lowest BCUT2D eigenvalue weighted by atomic mass is 10.2. The van der Waals surface area contributed by atoms with Crippen molar-refractivity contribution in [1.29, 1.82) is 0 Å². The van der Waals surface area contributed by atoms with Gasteiger partial charge in [0.2, 0.25) is 0 Å². The van der Waals surface area contributed by atoms with Crippen LogP contribution in [0.25, 0.3) is 10.9 Å². The van der Waals surface area contributed by atoms with Crippen molar-refractivity contribution < 1.29 is 14.3 Å². The summed E-state index contributed by atoms with van der Waals surface area (Å²) in [7, 11) is 0. The zero-order valence-electron chi connectivity index (χ0n) is 13.0. The summed E-state index contributed by atoms with van der Waals surface area (Å²) in [4.78, 5) is 28.1. The van der Waals surface area contributed by atoms with Crippen molar-refractivity contribution >= 4 is 51.8 Å². The molecule has 1 aromatic carbocycles. The summed E-state index contributed by atoms with van der Waals surface area (Å²) in [6.45, 7) is 1.18. The molecule has 0 fully saturated rings. The number of hydrogen-bond acceptors (Lipinski definition) is 5. The third kappa shape index (κ3) is 3.72. The van der Waals surface area contributed by atoms with Crippen molar-refractivity contribution in [2.45, 2.75) is 6.92 Å². The van der Waals surface area contributed by atoms with E-state index in [1.165, 1.54) is 6.07 Å². The lowest BCUT2D eigenvalue weighted by Gasteiger charge is -2.08. The highest BCUT2D eigenvalue weighted by molar-refractivity contribution is 6.36. The van der Waals surface area contributed by atoms with Crippen LogP contribution in [0.4, 0.5) is 5.82 Å². The molecule has 7 nitrogen and oxygen atoms in total. The predicted octanol–water partition coefficient (Wildman–Crippen LogP) is 3.37. The van der Waals surface area contributed by atoms with E-state index < -0.39 is 18.5 Å². The summed E-state index contributed by atoms with van der Waals surface area (Å²) in [5.41, 5.74) is 1.33. The second-order valence-corrected chi connectivity index (χ2v) is 5.94. The molecule has 0 atom stereocenters. The average molecular weight is 379 g/mol. The predicted molar refractivity (Wildman–Crippen MR) is 94.0 cm³/mol. The van der Waals surface area contributed by atoms with Gasteiger partial charge < -0.3 is 10.1 Å². The van der Waals surface area contributed by atoms with Crippen LogP contribution in [0.1, 0.15) is 16.2 Å². The second kappa shape index (κ2) is 7.08. The van der Waals surface area contributed by atoms with E-state index in [1.807, 2.05) is 6.07 Å². The molecule has 0 aliphatic carbocycles. The summed E-state index contributed by atoms with van der Waals surface area (Å²) in [6.07, 6.45) is 0. The molecule has 2 N–H and O–H groups in total. The molecule has 3 rings (SSSR count). The molecule has 0 spiro atoms. The first kappa shape index (κ1) is 17.2. The van der Waals surface area contributed by atoms with Gasteiger partial charge in [-0.15, -0.1) is 0 Å². The van der Waals surface area contributed by atoms with Crippen LogP contribution in [-0.4, -0.2) is 33.7 Å². The first-order chi connectivity index (χ1) is 12.0. The Morgan fingerprint density at radius 1 is 1.24 bits per heavy atom. The maximum Gasteiger partial charge on any atom is 0.359 e. The molecule has 9 heteroatoms. The van der Waals surface area contributed by atoms with Crippen molar-refractivity contribution in [3.05, 3.63) is 51.8 Å². The van der Waals surface area contributed by atoms with E-state index in [-0.39, 0.29) is 16.5 Å². The summed E-state index contributed by atoms with van der Waals surface area (Å²) in [5.74, 6) is -1.14. The quantitative estimate of drug-likeness (QED) is 0.678. The van der Waals surface area contributed by atoms with Crippen LogP contribution in [0.2, 0.25) is 10.0 Å². The topological polar surface area (TPSA) is 97.0 Å². The summed E-state index contributed by atoms with van der Waals surface area (Å²) >= 11 is 11.9. The van der Waals surface area contributed by atoms with Crippen LogP contribution in [0.3, 0.4) is 0 Å². The molecule has 0 radical (unpaired) electrons. The number of amides is 1. The van der Waals surface area contributed by atoms with Gasteiger partial charge in [0.25, 0.3) is 5.91 Å². The number of pyridine rings is 1. The van der Waals surface area contributed by atoms with Crippen LogP contribution in [0.15, 0.2) is 30.3 Å². The number of anilines is 1. The largest absolute Gasteiger partial charge is 0.451 e. The molecule has 0 saturated heterocycles. The number of nitrogens with one attached hydrogen (secondary N) is 2. The minimum absolute atomic E-state index is 0.113. The number of benzene rings is 1. The van der Waals surface area contributed by atoms with E-state index in [1.54, 1.807) is 25.1 Å². The Labute approximate surface area is 152 Å². The van der Waals surface area contributed by atoms with Crippen molar-refractivity contribution in [2.24, 2.45) is 0 Å². The molecule has 3 aromatic rings. The number of fused-ring (bicyclic) bond motifs is 1. The molecular formula is C16H12Cl2N4O3. The normalized spacial score (nSPS) is 10.7. The second-order valence-electron chi connectivity index (χ2n) is 5.13. The van der Waals surface area contributed by atoms with Gasteiger partial charge in [-0.25, -0.2) is 9.78 Å². The van der Waals surface area contributed by atoms with Gasteiger partial charge in [-0.05, 0) is 19.1 Å². The summed E-state index contributed by atoms with van der Waals surface area (Å²) < 4.78 is 4.99. The number of ether oxygens (including phenoxy) is 1. The standard InChI is InChI=1S/C16H12Cl2N4O3/c1-8-10(17)6-11(18)15(19-8)20-13(23)7-25-16(24)14-9-4-2-3-5-12(9)21-22-14/h2-6H,7H2,1H3,(H,21,22)(H,19,20,23). The zero-order valence-corrected chi connectivity index (χ0v) is 14.5. The fourth-order valence-electron chi connectivity index (χ4n) is 2.13. The maximum atomic E-state index is 12.1. The number of halogens is 2. The first-order valence-corrected chi connectivity index (χ1v) is 7.94. The van der Waals surface area contributed by atoms with Crippen LogP contribution in [0.5, 0.6) is 0 Å². The van der Waals surface area contributed by atoms with Gasteiger partial charge >= 0.3 is 5.97 Å². The summed E-state index contributed by atoms with van der Waals surface area (Å²) in [5, 5.41) is 10.3. The molecule has 0 saturated carbocycles. The Hall–Kier alpha value is -2.64. The van der Waals surface area contributed by atoms with E-state index in [0.29, 0.717) is 21.6 Å². The lowest BCUT2D eigenvalue weighted by Crippen LogP contribution is -2.22. The molecular weight excluding hydrogens is 367 g/mol. The van der Waals surface area contributed by atoms with E-state index in [9.17, 15) is 9.59 Å². The molecule has 25 heavy (non-hydrogen) atoms. The van der Waals surface area contributed by atoms with Crippen molar-refractivity contribution in [2.75, 3.05) is 11.9 Å². The van der Waals surface area contributed by atoms with E-state index in [2.05, 4.69) is 20.5 Å². The van der Waals surface area contributed by atoms with Gasteiger partial charge in [0.15, 0.2) is 18.1 Å². The van der Waals surface area contributed by atoms with Crippen LogP contribution < -0.4 is 5.32 Å². The Kier molecular flexibility index (Phi) is 4.87. The first-order valence-electron chi connectivity index (χ1n) is 7.18. The van der Waals surface area contributed by atoms with Gasteiger partial charge in [0.05, 0.1) is 21.3 Å². The molecule has 2 aromatic heterocycles. The third-order valence-corrected chi connectivity index (χ3v) is 4.03. The number of aromatic nitrogens is 3. The maximum absolute atomic E-state index is 12.1. The van der Waals surface area contributed by atoms with Gasteiger partial charge in [0.1, 0.15) is 0 Å². The van der Waals surface area contributed by atoms with Crippen LogP contribution in [0, 0.1) is 6.92 Å². The highest BCUT2D eigenvalue weighted by Crippen LogP contribution is 2.25. The number of nitrogens with zero attached hydrogens (tertiary/aromatic N) is 2. The fraction of sp³-hybridized carbons (Fsp3) is 0.125. The smallest absolute Gasteiger partial charge is 0.359 e. The molecule has 0 bridgehead atoms. The van der Waals surface area contributed by atoms with Crippen molar-refractivity contribution in [1.82, 2.24) is 15.2 Å². The number of para-hydroxylation sites is 1. The minimum Gasteiger partial charge on any atom is -0.451 e. The Bertz CT molecular complexity index is 971. The third-order valence-electron chi connectivity index (χ3n) is 3.36. The van der Waals surface area contributed by atoms with Gasteiger partial charge in [-0.2, -0.15) is 5.10 Å². The van der Waals surface area contributed by atoms with Crippen LogP contribution >= 0.6 is 23.2 Å². The summed E-state index contributed by atoms with van der Waals surface area (Å²) in [6, 6.07) is 8.58. The van der Waals surface area contributed by atoms with Gasteiger partial charge in [-0.3, -0.25) is 9.89 Å². The van der Waals surface area contributed by atoms with E-state index in [0.717, 1.165) is 0 Å². The number of carbonyl (C=O) groups excluding carboxylic acids is 2. The fourth-order valence-corrected chi connectivity index (χ4v) is 2.54. The Morgan fingerprint density at radius 3 is 2.80 bits per heavy atom. The SMILES string of the molecule is Cc1nc(NC(=O)COC(=O)c2n[nH]c3ccccc23)c(Cl)cc1Cl. The van der Waals surface area contributed by atoms with Crippen molar-refractivity contribution in [3.63, 3.8) is 0 Å². The molecule has 2 heterocycles. The number of rotatable bonds is 4. The zero-order chi connectivity index (χ0) is 18.0. The van der Waals surface area contributed by atoms with Gasteiger partial charge in [-0.1, -0.05) is 41.4 Å².